The quantitative estimate of drug-likeness (QED) is 0.616. The van der Waals surface area contributed by atoms with Crippen molar-refractivity contribution >= 4 is 23.2 Å². The van der Waals surface area contributed by atoms with Gasteiger partial charge in [0.05, 0.1) is 25.3 Å². The van der Waals surface area contributed by atoms with Crippen LogP contribution in [0, 0.1) is 0 Å². The van der Waals surface area contributed by atoms with Crippen LogP contribution in [0.25, 0.3) is 0 Å². The Hall–Kier alpha value is -1.50. The number of morpholine rings is 1. The number of hydrogen-bond acceptors (Lipinski definition) is 5. The Morgan fingerprint density at radius 1 is 1.11 bits per heavy atom. The Kier molecular flexibility index (Phi) is 8.25. The predicted octanol–water partition coefficient (Wildman–Crippen LogP) is 4.00. The molecule has 1 aliphatic rings. The number of rotatable bonds is 9. The van der Waals surface area contributed by atoms with Gasteiger partial charge in [-0.2, -0.15) is 0 Å². The second kappa shape index (κ2) is 10.9. The van der Waals surface area contributed by atoms with Crippen LogP contribution >= 0.6 is 23.2 Å². The van der Waals surface area contributed by atoms with Crippen LogP contribution in [0.2, 0.25) is 10.0 Å². The summed E-state index contributed by atoms with van der Waals surface area (Å²) in [5, 5.41) is 4.65. The third-order valence-corrected chi connectivity index (χ3v) is 5.31. The average Bonchev–Trinajstić information content (AvgIpc) is 2.72. The summed E-state index contributed by atoms with van der Waals surface area (Å²) in [6.45, 7) is 6.60. The lowest BCUT2D eigenvalue weighted by molar-refractivity contribution is 0.0384. The molecule has 5 nitrogen and oxygen atoms in total. The number of nitrogens with one attached hydrogen (secondary N) is 1. The Morgan fingerprint density at radius 3 is 2.64 bits per heavy atom. The maximum atomic E-state index is 6.47. The summed E-state index contributed by atoms with van der Waals surface area (Å²) in [6, 6.07) is 11.4. The minimum Gasteiger partial charge on any atom is -0.493 e. The van der Waals surface area contributed by atoms with E-state index in [9.17, 15) is 0 Å². The maximum absolute atomic E-state index is 6.47. The van der Waals surface area contributed by atoms with E-state index in [0.29, 0.717) is 34.7 Å². The van der Waals surface area contributed by atoms with Crippen molar-refractivity contribution in [3.63, 3.8) is 0 Å². The highest BCUT2D eigenvalue weighted by Gasteiger charge is 2.14. The van der Waals surface area contributed by atoms with E-state index in [2.05, 4.69) is 10.2 Å². The molecule has 0 radical (unpaired) electrons. The molecule has 1 aliphatic heterocycles. The van der Waals surface area contributed by atoms with Crippen molar-refractivity contribution in [2.24, 2.45) is 0 Å². The molecule has 0 bridgehead atoms. The van der Waals surface area contributed by atoms with Gasteiger partial charge in [0.1, 0.15) is 6.61 Å². The molecule has 3 rings (SSSR count). The Labute approximate surface area is 176 Å². The first kappa shape index (κ1) is 21.2. The van der Waals surface area contributed by atoms with Crippen LogP contribution in [0.4, 0.5) is 0 Å². The van der Waals surface area contributed by atoms with E-state index in [1.54, 1.807) is 7.11 Å². The number of ether oxygens (including phenoxy) is 3. The Morgan fingerprint density at radius 2 is 1.89 bits per heavy atom. The van der Waals surface area contributed by atoms with E-state index >= 15 is 0 Å². The van der Waals surface area contributed by atoms with E-state index in [-0.39, 0.29) is 0 Å². The molecule has 1 N–H and O–H groups in total. The molecule has 0 aliphatic carbocycles. The molecule has 7 heteroatoms. The van der Waals surface area contributed by atoms with Crippen molar-refractivity contribution in [3.05, 3.63) is 57.6 Å². The van der Waals surface area contributed by atoms with Crippen LogP contribution < -0.4 is 14.8 Å². The average molecular weight is 425 g/mol. The lowest BCUT2D eigenvalue weighted by Crippen LogP contribution is -2.40. The van der Waals surface area contributed by atoms with E-state index in [0.717, 1.165) is 50.5 Å². The van der Waals surface area contributed by atoms with Crippen LogP contribution in [0.3, 0.4) is 0 Å². The molecule has 0 saturated carbocycles. The summed E-state index contributed by atoms with van der Waals surface area (Å²) in [7, 11) is 1.61. The monoisotopic (exact) mass is 424 g/mol. The topological polar surface area (TPSA) is 43.0 Å². The van der Waals surface area contributed by atoms with Gasteiger partial charge in [-0.25, -0.2) is 0 Å². The van der Waals surface area contributed by atoms with Gasteiger partial charge in [0, 0.05) is 43.3 Å². The highest BCUT2D eigenvalue weighted by molar-refractivity contribution is 6.32. The maximum Gasteiger partial charge on any atom is 0.180 e. The second-order valence-electron chi connectivity index (χ2n) is 6.62. The van der Waals surface area contributed by atoms with Gasteiger partial charge in [-0.05, 0) is 23.8 Å². The zero-order chi connectivity index (χ0) is 19.8. The zero-order valence-corrected chi connectivity index (χ0v) is 17.6. The lowest BCUT2D eigenvalue weighted by Gasteiger charge is -2.26. The molecule has 2 aromatic rings. The minimum absolute atomic E-state index is 0.326. The smallest absolute Gasteiger partial charge is 0.180 e. The lowest BCUT2D eigenvalue weighted by atomic mass is 10.2. The van der Waals surface area contributed by atoms with Crippen LogP contribution in [0.5, 0.6) is 11.5 Å². The molecule has 0 unspecified atom stereocenters. The van der Waals surface area contributed by atoms with Crippen molar-refractivity contribution in [2.75, 3.05) is 46.5 Å². The molecule has 1 saturated heterocycles. The second-order valence-corrected chi connectivity index (χ2v) is 7.43. The molecule has 0 aromatic heterocycles. The van der Waals surface area contributed by atoms with Crippen LogP contribution in [-0.2, 0) is 17.9 Å². The normalized spacial score (nSPS) is 14.8. The van der Waals surface area contributed by atoms with Crippen LogP contribution in [0.15, 0.2) is 36.4 Å². The highest BCUT2D eigenvalue weighted by atomic mass is 35.5. The van der Waals surface area contributed by atoms with Gasteiger partial charge in [0.2, 0.25) is 0 Å². The van der Waals surface area contributed by atoms with Gasteiger partial charge in [-0.3, -0.25) is 4.90 Å². The standard InChI is InChI=1S/C21H26Cl2N2O3/c1-26-20-13-16(14-24-6-7-25-8-10-27-11-9-25)12-19(23)21(20)28-15-17-4-2-3-5-18(17)22/h2-5,12-13,24H,6-11,14-15H2,1H3. The van der Waals surface area contributed by atoms with Gasteiger partial charge in [-0.15, -0.1) is 0 Å². The van der Waals surface area contributed by atoms with E-state index in [1.165, 1.54) is 0 Å². The van der Waals surface area contributed by atoms with Crippen molar-refractivity contribution in [1.82, 2.24) is 10.2 Å². The molecular formula is C21H26Cl2N2O3. The molecule has 1 heterocycles. The van der Waals surface area contributed by atoms with Crippen LogP contribution in [0.1, 0.15) is 11.1 Å². The Bertz CT molecular complexity index is 767. The molecule has 28 heavy (non-hydrogen) atoms. The number of nitrogens with zero attached hydrogens (tertiary/aromatic N) is 1. The molecule has 0 atom stereocenters. The fourth-order valence-electron chi connectivity index (χ4n) is 3.08. The summed E-state index contributed by atoms with van der Waals surface area (Å²) in [5.41, 5.74) is 1.95. The third-order valence-electron chi connectivity index (χ3n) is 4.66. The number of halogens is 2. The fourth-order valence-corrected chi connectivity index (χ4v) is 3.55. The van der Waals surface area contributed by atoms with Crippen molar-refractivity contribution in [1.29, 1.82) is 0 Å². The summed E-state index contributed by atoms with van der Waals surface area (Å²) in [5.74, 6) is 1.14. The van der Waals surface area contributed by atoms with E-state index < -0.39 is 0 Å². The van der Waals surface area contributed by atoms with Gasteiger partial charge < -0.3 is 19.5 Å². The molecular weight excluding hydrogens is 399 g/mol. The SMILES string of the molecule is COc1cc(CNCCN2CCOCC2)cc(Cl)c1OCc1ccccc1Cl. The predicted molar refractivity (Wildman–Crippen MR) is 113 cm³/mol. The van der Waals surface area contributed by atoms with Crippen molar-refractivity contribution < 1.29 is 14.2 Å². The number of benzene rings is 2. The summed E-state index contributed by atoms with van der Waals surface area (Å²) in [6.07, 6.45) is 0. The summed E-state index contributed by atoms with van der Waals surface area (Å²) in [4.78, 5) is 2.40. The first-order valence-electron chi connectivity index (χ1n) is 9.41. The molecule has 2 aromatic carbocycles. The number of hydrogen-bond donors (Lipinski definition) is 1. The first-order valence-corrected chi connectivity index (χ1v) is 10.2. The minimum atomic E-state index is 0.326. The molecule has 152 valence electrons. The largest absolute Gasteiger partial charge is 0.493 e. The van der Waals surface area contributed by atoms with Crippen LogP contribution in [-0.4, -0.2) is 51.4 Å². The summed E-state index contributed by atoms with van der Waals surface area (Å²) < 4.78 is 16.8. The van der Waals surface area contributed by atoms with Crippen molar-refractivity contribution in [2.45, 2.75) is 13.2 Å². The van der Waals surface area contributed by atoms with E-state index in [4.69, 9.17) is 37.4 Å². The molecule has 1 fully saturated rings. The Balaban J connectivity index is 1.55. The van der Waals surface area contributed by atoms with Crippen molar-refractivity contribution in [3.8, 4) is 11.5 Å². The van der Waals surface area contributed by atoms with Gasteiger partial charge in [-0.1, -0.05) is 41.4 Å². The van der Waals surface area contributed by atoms with Gasteiger partial charge in [0.25, 0.3) is 0 Å². The van der Waals surface area contributed by atoms with Gasteiger partial charge in [0.15, 0.2) is 11.5 Å². The summed E-state index contributed by atoms with van der Waals surface area (Å²) >= 11 is 12.7. The van der Waals surface area contributed by atoms with E-state index in [1.807, 2.05) is 36.4 Å². The van der Waals surface area contributed by atoms with Gasteiger partial charge >= 0.3 is 0 Å². The number of methoxy groups -OCH3 is 1. The molecule has 0 spiro atoms. The fraction of sp³-hybridized carbons (Fsp3) is 0.429. The molecule has 0 amide bonds. The highest BCUT2D eigenvalue weighted by Crippen LogP contribution is 2.37. The zero-order valence-electron chi connectivity index (χ0n) is 16.0. The first-order chi connectivity index (χ1) is 13.7. The third kappa shape index (κ3) is 6.00.